The van der Waals surface area contributed by atoms with Gasteiger partial charge in [0.15, 0.2) is 0 Å². The highest BCUT2D eigenvalue weighted by atomic mass is 16.6. The molecule has 0 radical (unpaired) electrons. The number of carbonyl (C=O) groups is 3. The fraction of sp³-hybridized carbons (Fsp3) is 0.182. The maximum Gasteiger partial charge on any atom is 0.292 e. The molecule has 0 aromatic heterocycles. The van der Waals surface area contributed by atoms with Crippen LogP contribution < -0.4 is 11.1 Å². The van der Waals surface area contributed by atoms with E-state index in [1.165, 1.54) is 18.2 Å². The van der Waals surface area contributed by atoms with Gasteiger partial charge >= 0.3 is 0 Å². The molecule has 1 aromatic carbocycles. The average Bonchev–Trinajstić information content (AvgIpc) is 2.36. The highest BCUT2D eigenvalue weighted by Gasteiger charge is 2.29. The summed E-state index contributed by atoms with van der Waals surface area (Å²) in [5.41, 5.74) is 4.79. The Morgan fingerprint density at radius 2 is 1.90 bits per heavy atom. The van der Waals surface area contributed by atoms with Crippen LogP contribution in [0.1, 0.15) is 10.4 Å². The molecule has 1 fully saturated rings. The Morgan fingerprint density at radius 1 is 1.30 bits per heavy atom. The zero-order valence-corrected chi connectivity index (χ0v) is 10.2. The molecule has 0 saturated carbocycles. The summed E-state index contributed by atoms with van der Waals surface area (Å²) >= 11 is 0. The first kappa shape index (κ1) is 13.5. The number of nitrogens with two attached hydrogens (primary N) is 1. The Bertz CT molecular complexity index is 611. The topological polar surface area (TPSA) is 136 Å². The van der Waals surface area contributed by atoms with E-state index >= 15 is 0 Å². The zero-order chi connectivity index (χ0) is 14.9. The third kappa shape index (κ3) is 2.41. The molecule has 104 valence electrons. The van der Waals surface area contributed by atoms with Gasteiger partial charge in [0.1, 0.15) is 18.8 Å². The molecular formula is C11H10N4O5. The quantitative estimate of drug-likeness (QED) is 0.317. The number of para-hydroxylation sites is 1. The van der Waals surface area contributed by atoms with Crippen LogP contribution in [0.5, 0.6) is 0 Å². The second-order valence-electron chi connectivity index (χ2n) is 4.13. The SMILES string of the molecule is Nc1c(C(=O)N2CC(=O)NC(=O)C2)cccc1[N+](=O)[O-]. The van der Waals surface area contributed by atoms with Crippen molar-refractivity contribution in [3.63, 3.8) is 0 Å². The largest absolute Gasteiger partial charge is 0.393 e. The van der Waals surface area contributed by atoms with Crippen molar-refractivity contribution in [1.29, 1.82) is 0 Å². The lowest BCUT2D eigenvalue weighted by Crippen LogP contribution is -2.53. The number of hydrogen-bond acceptors (Lipinski definition) is 6. The molecule has 0 spiro atoms. The Hall–Kier alpha value is -2.97. The van der Waals surface area contributed by atoms with Crippen molar-refractivity contribution in [2.24, 2.45) is 0 Å². The van der Waals surface area contributed by atoms with Gasteiger partial charge in [0.05, 0.1) is 10.5 Å². The van der Waals surface area contributed by atoms with Crippen LogP contribution in [0.3, 0.4) is 0 Å². The van der Waals surface area contributed by atoms with Gasteiger partial charge in [0.25, 0.3) is 11.6 Å². The number of nitrogen functional groups attached to an aromatic ring is 1. The van der Waals surface area contributed by atoms with Crippen molar-refractivity contribution in [2.45, 2.75) is 0 Å². The van der Waals surface area contributed by atoms with Crippen LogP contribution in [-0.2, 0) is 9.59 Å². The maximum atomic E-state index is 12.2. The molecule has 1 saturated heterocycles. The lowest BCUT2D eigenvalue weighted by atomic mass is 10.1. The van der Waals surface area contributed by atoms with E-state index in [0.29, 0.717) is 0 Å². The summed E-state index contributed by atoms with van der Waals surface area (Å²) in [7, 11) is 0. The van der Waals surface area contributed by atoms with Gasteiger partial charge in [-0.2, -0.15) is 0 Å². The number of piperazine rings is 1. The Balaban J connectivity index is 2.34. The number of carbonyl (C=O) groups excluding carboxylic acids is 3. The molecule has 9 nitrogen and oxygen atoms in total. The van der Waals surface area contributed by atoms with Crippen LogP contribution >= 0.6 is 0 Å². The lowest BCUT2D eigenvalue weighted by Gasteiger charge is -2.25. The summed E-state index contributed by atoms with van der Waals surface area (Å²) in [5, 5.41) is 12.8. The van der Waals surface area contributed by atoms with Gasteiger partial charge < -0.3 is 10.6 Å². The fourth-order valence-electron chi connectivity index (χ4n) is 1.85. The van der Waals surface area contributed by atoms with Gasteiger partial charge in [0, 0.05) is 6.07 Å². The second-order valence-corrected chi connectivity index (χ2v) is 4.13. The van der Waals surface area contributed by atoms with Crippen molar-refractivity contribution in [3.8, 4) is 0 Å². The van der Waals surface area contributed by atoms with Gasteiger partial charge in [-0.15, -0.1) is 0 Å². The van der Waals surface area contributed by atoms with Crippen LogP contribution in [0.25, 0.3) is 0 Å². The van der Waals surface area contributed by atoms with Crippen LogP contribution in [0, 0.1) is 10.1 Å². The van der Waals surface area contributed by atoms with Crippen LogP contribution in [0.15, 0.2) is 18.2 Å². The molecule has 0 bridgehead atoms. The van der Waals surface area contributed by atoms with Gasteiger partial charge in [-0.1, -0.05) is 6.07 Å². The highest BCUT2D eigenvalue weighted by Crippen LogP contribution is 2.25. The molecule has 20 heavy (non-hydrogen) atoms. The van der Waals surface area contributed by atoms with Crippen molar-refractivity contribution in [2.75, 3.05) is 18.8 Å². The Labute approximate surface area is 112 Å². The number of hydrogen-bond donors (Lipinski definition) is 2. The number of rotatable bonds is 2. The number of anilines is 1. The minimum atomic E-state index is -0.708. The van der Waals surface area contributed by atoms with Crippen LogP contribution in [0.2, 0.25) is 0 Å². The second kappa shape index (κ2) is 4.96. The smallest absolute Gasteiger partial charge is 0.292 e. The molecule has 1 aromatic rings. The molecule has 3 N–H and O–H groups in total. The van der Waals surface area contributed by atoms with E-state index in [0.717, 1.165) is 4.90 Å². The van der Waals surface area contributed by atoms with Gasteiger partial charge in [-0.05, 0) is 6.07 Å². The number of benzene rings is 1. The molecule has 0 aliphatic carbocycles. The van der Waals surface area contributed by atoms with Crippen molar-refractivity contribution >= 4 is 29.1 Å². The van der Waals surface area contributed by atoms with Crippen molar-refractivity contribution < 1.29 is 19.3 Å². The number of nitro groups is 1. The highest BCUT2D eigenvalue weighted by molar-refractivity contribution is 6.08. The fourth-order valence-corrected chi connectivity index (χ4v) is 1.85. The average molecular weight is 278 g/mol. The summed E-state index contributed by atoms with van der Waals surface area (Å²) in [6.07, 6.45) is 0. The summed E-state index contributed by atoms with van der Waals surface area (Å²) in [4.78, 5) is 45.6. The van der Waals surface area contributed by atoms with Crippen LogP contribution in [0.4, 0.5) is 11.4 Å². The van der Waals surface area contributed by atoms with Gasteiger partial charge in [-0.3, -0.25) is 29.8 Å². The third-order valence-corrected chi connectivity index (χ3v) is 2.75. The van der Waals surface area contributed by atoms with E-state index in [1.807, 2.05) is 5.32 Å². The summed E-state index contributed by atoms with van der Waals surface area (Å²) in [5.74, 6) is -1.92. The predicted octanol–water partition coefficient (Wildman–Crippen LogP) is -0.724. The first-order valence-electron chi connectivity index (χ1n) is 5.55. The molecular weight excluding hydrogens is 268 g/mol. The number of amides is 3. The molecule has 0 atom stereocenters. The molecule has 1 aliphatic rings. The molecule has 1 heterocycles. The molecule has 2 rings (SSSR count). The van der Waals surface area contributed by atoms with E-state index in [2.05, 4.69) is 0 Å². The summed E-state index contributed by atoms with van der Waals surface area (Å²) in [6.45, 7) is -0.598. The van der Waals surface area contributed by atoms with Gasteiger partial charge in [0.2, 0.25) is 11.8 Å². The summed E-state index contributed by atoms with van der Waals surface area (Å²) < 4.78 is 0. The third-order valence-electron chi connectivity index (χ3n) is 2.75. The molecule has 1 aliphatic heterocycles. The van der Waals surface area contributed by atoms with Gasteiger partial charge in [-0.25, -0.2) is 0 Å². The predicted molar refractivity (Wildman–Crippen MR) is 66.6 cm³/mol. The number of nitrogens with one attached hydrogen (secondary N) is 1. The minimum absolute atomic E-state index is 0.110. The first-order valence-corrected chi connectivity index (χ1v) is 5.55. The first-order chi connectivity index (χ1) is 9.40. The van der Waals surface area contributed by atoms with E-state index in [9.17, 15) is 24.5 Å². The van der Waals surface area contributed by atoms with Crippen molar-refractivity contribution in [3.05, 3.63) is 33.9 Å². The van der Waals surface area contributed by atoms with Crippen molar-refractivity contribution in [1.82, 2.24) is 10.2 Å². The Kier molecular flexibility index (Phi) is 3.34. The number of nitro benzene ring substituents is 1. The monoisotopic (exact) mass is 278 g/mol. The molecule has 9 heteroatoms. The van der Waals surface area contributed by atoms with E-state index < -0.39 is 28.3 Å². The molecule has 0 unspecified atom stereocenters. The lowest BCUT2D eigenvalue weighted by molar-refractivity contribution is -0.383. The maximum absolute atomic E-state index is 12.2. The summed E-state index contributed by atoms with van der Waals surface area (Å²) in [6, 6.07) is 3.79. The Morgan fingerprint density at radius 3 is 2.45 bits per heavy atom. The minimum Gasteiger partial charge on any atom is -0.393 e. The van der Waals surface area contributed by atoms with Crippen LogP contribution in [-0.4, -0.2) is 40.6 Å². The standard InChI is InChI=1S/C11H10N4O5/c12-10-6(2-1-3-7(10)15(19)20)11(18)14-4-8(16)13-9(17)5-14/h1-3H,4-5,12H2,(H,13,16,17). The van der Waals surface area contributed by atoms with E-state index in [-0.39, 0.29) is 24.3 Å². The van der Waals surface area contributed by atoms with E-state index in [4.69, 9.17) is 5.73 Å². The number of nitrogens with zero attached hydrogens (tertiary/aromatic N) is 2. The molecule has 3 amide bonds. The normalized spacial score (nSPS) is 14.9. The zero-order valence-electron chi connectivity index (χ0n) is 10.2. The van der Waals surface area contributed by atoms with E-state index in [1.54, 1.807) is 0 Å². The number of imide groups is 1.